The van der Waals surface area contributed by atoms with E-state index in [-0.39, 0.29) is 0 Å². The molecule has 4 heteroatoms. The molecule has 1 aromatic heterocycles. The molecule has 0 spiro atoms. The highest BCUT2D eigenvalue weighted by Gasteiger charge is 2.09. The molecular formula is C16H15N3O. The van der Waals surface area contributed by atoms with E-state index in [1.54, 1.807) is 13.3 Å². The highest BCUT2D eigenvalue weighted by molar-refractivity contribution is 5.92. The Morgan fingerprint density at radius 2 is 1.75 bits per heavy atom. The maximum Gasteiger partial charge on any atom is 0.119 e. The fourth-order valence-electron chi connectivity index (χ4n) is 2.20. The molecule has 100 valence electrons. The Morgan fingerprint density at radius 1 is 1.00 bits per heavy atom. The monoisotopic (exact) mass is 265 g/mol. The molecule has 0 N–H and O–H groups in total. The zero-order chi connectivity index (χ0) is 13.9. The lowest BCUT2D eigenvalue weighted by molar-refractivity contribution is 0.415. The van der Waals surface area contributed by atoms with Crippen molar-refractivity contribution in [2.45, 2.75) is 0 Å². The smallest absolute Gasteiger partial charge is 0.119 e. The summed E-state index contributed by atoms with van der Waals surface area (Å²) in [5.41, 5.74) is 3.00. The van der Waals surface area contributed by atoms with Crippen molar-refractivity contribution in [3.05, 3.63) is 54.7 Å². The third kappa shape index (κ3) is 2.16. The van der Waals surface area contributed by atoms with Crippen LogP contribution in [0.25, 0.3) is 10.9 Å². The van der Waals surface area contributed by atoms with Gasteiger partial charge in [-0.05, 0) is 30.3 Å². The maximum absolute atomic E-state index is 5.18. The molecule has 0 saturated carbocycles. The molecule has 0 amide bonds. The first-order valence-corrected chi connectivity index (χ1v) is 6.38. The fourth-order valence-corrected chi connectivity index (χ4v) is 2.20. The second-order valence-corrected chi connectivity index (χ2v) is 4.50. The predicted octanol–water partition coefficient (Wildman–Crippen LogP) is 3.41. The Labute approximate surface area is 117 Å². The molecule has 20 heavy (non-hydrogen) atoms. The van der Waals surface area contributed by atoms with Crippen LogP contribution in [0.2, 0.25) is 0 Å². The standard InChI is InChI=1S/C16H15N3O/c1-19(12-7-9-13(20-2)10-8-12)16-11-17-18-15-6-4-3-5-14(15)16/h3-11H,1-2H3. The van der Waals surface area contributed by atoms with E-state index in [0.29, 0.717) is 0 Å². The van der Waals surface area contributed by atoms with Crippen molar-refractivity contribution in [3.8, 4) is 5.75 Å². The maximum atomic E-state index is 5.18. The van der Waals surface area contributed by atoms with Crippen molar-refractivity contribution in [2.24, 2.45) is 0 Å². The van der Waals surface area contributed by atoms with E-state index in [9.17, 15) is 0 Å². The number of benzene rings is 2. The van der Waals surface area contributed by atoms with Gasteiger partial charge < -0.3 is 9.64 Å². The lowest BCUT2D eigenvalue weighted by Gasteiger charge is -2.20. The Bertz CT molecular complexity index is 720. The Hall–Kier alpha value is -2.62. The average molecular weight is 265 g/mol. The van der Waals surface area contributed by atoms with Gasteiger partial charge >= 0.3 is 0 Å². The zero-order valence-electron chi connectivity index (χ0n) is 11.4. The number of fused-ring (bicyclic) bond motifs is 1. The normalized spacial score (nSPS) is 10.5. The molecule has 1 heterocycles. The van der Waals surface area contributed by atoms with Crippen LogP contribution in [-0.2, 0) is 0 Å². The molecule has 0 aliphatic rings. The minimum atomic E-state index is 0.847. The van der Waals surface area contributed by atoms with Gasteiger partial charge in [0.1, 0.15) is 5.75 Å². The minimum Gasteiger partial charge on any atom is -0.497 e. The second-order valence-electron chi connectivity index (χ2n) is 4.50. The van der Waals surface area contributed by atoms with Crippen LogP contribution < -0.4 is 9.64 Å². The molecule has 4 nitrogen and oxygen atoms in total. The first kappa shape index (κ1) is 12.4. The summed E-state index contributed by atoms with van der Waals surface area (Å²) < 4.78 is 5.18. The van der Waals surface area contributed by atoms with Crippen LogP contribution >= 0.6 is 0 Å². The first-order chi connectivity index (χ1) is 9.79. The third-order valence-corrected chi connectivity index (χ3v) is 3.35. The number of aromatic nitrogens is 2. The van der Waals surface area contributed by atoms with Gasteiger partial charge in [0.05, 0.1) is 24.5 Å². The van der Waals surface area contributed by atoms with Crippen LogP contribution in [0.5, 0.6) is 5.75 Å². The molecule has 0 saturated heterocycles. The van der Waals surface area contributed by atoms with Crippen molar-refractivity contribution in [3.63, 3.8) is 0 Å². The first-order valence-electron chi connectivity index (χ1n) is 6.38. The van der Waals surface area contributed by atoms with Crippen LogP contribution in [0.1, 0.15) is 0 Å². The summed E-state index contributed by atoms with van der Waals surface area (Å²) in [6, 6.07) is 15.9. The van der Waals surface area contributed by atoms with Gasteiger partial charge in [-0.3, -0.25) is 0 Å². The van der Waals surface area contributed by atoms with Crippen molar-refractivity contribution in [1.82, 2.24) is 10.2 Å². The molecule has 0 atom stereocenters. The number of hydrogen-bond donors (Lipinski definition) is 0. The topological polar surface area (TPSA) is 38.2 Å². The summed E-state index contributed by atoms with van der Waals surface area (Å²) in [7, 11) is 3.68. The highest BCUT2D eigenvalue weighted by Crippen LogP contribution is 2.29. The summed E-state index contributed by atoms with van der Waals surface area (Å²) >= 11 is 0. The van der Waals surface area contributed by atoms with Gasteiger partial charge in [-0.15, -0.1) is 0 Å². The lowest BCUT2D eigenvalue weighted by Crippen LogP contribution is -2.10. The third-order valence-electron chi connectivity index (χ3n) is 3.35. The molecule has 0 unspecified atom stereocenters. The number of nitrogens with zero attached hydrogens (tertiary/aromatic N) is 3. The van der Waals surface area contributed by atoms with Crippen molar-refractivity contribution < 1.29 is 4.74 Å². The number of hydrogen-bond acceptors (Lipinski definition) is 4. The van der Waals surface area contributed by atoms with Gasteiger partial charge in [0.2, 0.25) is 0 Å². The molecule has 0 radical (unpaired) electrons. The van der Waals surface area contributed by atoms with Crippen molar-refractivity contribution in [1.29, 1.82) is 0 Å². The van der Waals surface area contributed by atoms with Gasteiger partial charge in [-0.1, -0.05) is 18.2 Å². The highest BCUT2D eigenvalue weighted by atomic mass is 16.5. The summed E-state index contributed by atoms with van der Waals surface area (Å²) in [5, 5.41) is 9.31. The molecule has 3 aromatic rings. The molecule has 0 bridgehead atoms. The summed E-state index contributed by atoms with van der Waals surface area (Å²) in [5.74, 6) is 0.847. The van der Waals surface area contributed by atoms with Crippen molar-refractivity contribution in [2.75, 3.05) is 19.1 Å². The van der Waals surface area contributed by atoms with Crippen molar-refractivity contribution >= 4 is 22.3 Å². The molecule has 0 fully saturated rings. The van der Waals surface area contributed by atoms with Gasteiger partial charge in [-0.25, -0.2) is 0 Å². The number of methoxy groups -OCH3 is 1. The Balaban J connectivity index is 2.05. The molecular weight excluding hydrogens is 250 g/mol. The van der Waals surface area contributed by atoms with E-state index < -0.39 is 0 Å². The zero-order valence-corrected chi connectivity index (χ0v) is 11.4. The van der Waals surface area contributed by atoms with Crippen LogP contribution in [0.4, 0.5) is 11.4 Å². The number of rotatable bonds is 3. The van der Waals surface area contributed by atoms with E-state index in [2.05, 4.69) is 21.2 Å². The van der Waals surface area contributed by atoms with Gasteiger partial charge in [-0.2, -0.15) is 10.2 Å². The summed E-state index contributed by atoms with van der Waals surface area (Å²) in [6.07, 6.45) is 1.78. The van der Waals surface area contributed by atoms with Gasteiger partial charge in [0, 0.05) is 18.1 Å². The minimum absolute atomic E-state index is 0.847. The molecule has 3 rings (SSSR count). The van der Waals surface area contributed by atoms with Crippen LogP contribution in [0.3, 0.4) is 0 Å². The second kappa shape index (κ2) is 5.17. The number of anilines is 2. The summed E-state index contributed by atoms with van der Waals surface area (Å²) in [6.45, 7) is 0. The Kier molecular flexibility index (Phi) is 3.21. The van der Waals surface area contributed by atoms with Gasteiger partial charge in [0.15, 0.2) is 0 Å². The van der Waals surface area contributed by atoms with E-state index >= 15 is 0 Å². The predicted molar refractivity (Wildman–Crippen MR) is 80.6 cm³/mol. The largest absolute Gasteiger partial charge is 0.497 e. The fraction of sp³-hybridized carbons (Fsp3) is 0.125. The van der Waals surface area contributed by atoms with E-state index in [4.69, 9.17) is 4.74 Å². The van der Waals surface area contributed by atoms with E-state index in [0.717, 1.165) is 28.0 Å². The molecule has 0 aliphatic heterocycles. The SMILES string of the molecule is COc1ccc(N(C)c2cnnc3ccccc23)cc1. The van der Waals surface area contributed by atoms with Crippen LogP contribution in [0, 0.1) is 0 Å². The van der Waals surface area contributed by atoms with E-state index in [1.165, 1.54) is 0 Å². The van der Waals surface area contributed by atoms with E-state index in [1.807, 2.05) is 49.5 Å². The van der Waals surface area contributed by atoms with Crippen LogP contribution in [-0.4, -0.2) is 24.4 Å². The van der Waals surface area contributed by atoms with Gasteiger partial charge in [0.25, 0.3) is 0 Å². The average Bonchev–Trinajstić information content (AvgIpc) is 2.54. The van der Waals surface area contributed by atoms with Crippen LogP contribution in [0.15, 0.2) is 54.7 Å². The molecule has 2 aromatic carbocycles. The lowest BCUT2D eigenvalue weighted by atomic mass is 10.2. The quantitative estimate of drug-likeness (QED) is 0.727. The Morgan fingerprint density at radius 3 is 2.50 bits per heavy atom. The molecule has 0 aliphatic carbocycles. The number of ether oxygens (including phenoxy) is 1. The summed E-state index contributed by atoms with van der Waals surface area (Å²) in [4.78, 5) is 2.09.